The minimum absolute atomic E-state index is 0.104. The van der Waals surface area contributed by atoms with Gasteiger partial charge in [-0.15, -0.1) is 0 Å². The Hall–Kier alpha value is -1.21. The summed E-state index contributed by atoms with van der Waals surface area (Å²) in [6.45, 7) is 3.52. The molecule has 7 heteroatoms. The summed E-state index contributed by atoms with van der Waals surface area (Å²) in [7, 11) is 1.16. The number of carbonyl (C=O) groups excluding carboxylic acids is 2. The van der Waals surface area contributed by atoms with E-state index in [9.17, 15) is 19.2 Å². The Kier molecular flexibility index (Phi) is 4.02. The Bertz CT molecular complexity index is 412. The SMILES string of the molecule is CC(=O)N1CC2(CC2)C[C@H]1C(=O)NC(C)[C@H](F)[NH+](C)[O-]. The molecule has 0 bridgehead atoms. The molecule has 6 nitrogen and oxygen atoms in total. The second-order valence-corrected chi connectivity index (χ2v) is 6.18. The maximum atomic E-state index is 13.5. The van der Waals surface area contributed by atoms with Crippen molar-refractivity contribution in [2.45, 2.75) is 51.5 Å². The van der Waals surface area contributed by atoms with E-state index in [4.69, 9.17) is 0 Å². The molecular weight excluding hydrogens is 265 g/mol. The Morgan fingerprint density at radius 1 is 1.50 bits per heavy atom. The van der Waals surface area contributed by atoms with E-state index in [1.54, 1.807) is 4.90 Å². The Labute approximate surface area is 117 Å². The molecule has 1 aliphatic heterocycles. The number of rotatable bonds is 4. The quantitative estimate of drug-likeness (QED) is 0.525. The third-order valence-corrected chi connectivity index (χ3v) is 4.37. The molecule has 114 valence electrons. The lowest BCUT2D eigenvalue weighted by atomic mass is 10.0. The number of hydrogen-bond acceptors (Lipinski definition) is 3. The molecular formula is C13H22FN3O3. The third-order valence-electron chi connectivity index (χ3n) is 4.37. The molecule has 1 saturated heterocycles. The monoisotopic (exact) mass is 287 g/mol. The summed E-state index contributed by atoms with van der Waals surface area (Å²) < 4.78 is 13.5. The van der Waals surface area contributed by atoms with Crippen LogP contribution in [0.2, 0.25) is 0 Å². The second-order valence-electron chi connectivity index (χ2n) is 6.18. The van der Waals surface area contributed by atoms with Crippen LogP contribution in [0.5, 0.6) is 0 Å². The molecule has 20 heavy (non-hydrogen) atoms. The first-order valence-corrected chi connectivity index (χ1v) is 6.98. The lowest BCUT2D eigenvalue weighted by Crippen LogP contribution is -3.09. The summed E-state index contributed by atoms with van der Waals surface area (Å²) in [5.74, 6) is -0.495. The van der Waals surface area contributed by atoms with E-state index in [1.807, 2.05) is 0 Å². The van der Waals surface area contributed by atoms with Gasteiger partial charge in [-0.2, -0.15) is 4.39 Å². The molecule has 2 amide bonds. The van der Waals surface area contributed by atoms with Crippen molar-refractivity contribution >= 4 is 11.8 Å². The first-order valence-electron chi connectivity index (χ1n) is 6.98. The van der Waals surface area contributed by atoms with E-state index in [0.29, 0.717) is 13.0 Å². The molecule has 0 aromatic rings. The summed E-state index contributed by atoms with van der Waals surface area (Å²) >= 11 is 0. The van der Waals surface area contributed by atoms with Crippen LogP contribution in [0.25, 0.3) is 0 Å². The van der Waals surface area contributed by atoms with Gasteiger partial charge in [-0.05, 0) is 31.6 Å². The normalized spacial score (nSPS) is 28.1. The molecule has 1 aliphatic carbocycles. The number of nitrogens with one attached hydrogen (secondary N) is 2. The lowest BCUT2D eigenvalue weighted by molar-refractivity contribution is -0.873. The van der Waals surface area contributed by atoms with E-state index in [1.165, 1.54) is 13.8 Å². The minimum atomic E-state index is -1.71. The molecule has 2 fully saturated rings. The average Bonchev–Trinajstić information content (AvgIpc) is 2.98. The van der Waals surface area contributed by atoms with Gasteiger partial charge in [-0.25, -0.2) is 0 Å². The van der Waals surface area contributed by atoms with Gasteiger partial charge in [0.15, 0.2) is 0 Å². The highest BCUT2D eigenvalue weighted by molar-refractivity contribution is 5.88. The molecule has 1 heterocycles. The maximum Gasteiger partial charge on any atom is 0.249 e. The highest BCUT2D eigenvalue weighted by Gasteiger charge is 2.54. The molecule has 0 radical (unpaired) electrons. The first kappa shape index (κ1) is 15.2. The van der Waals surface area contributed by atoms with Crippen LogP contribution < -0.4 is 10.4 Å². The van der Waals surface area contributed by atoms with Crippen molar-refractivity contribution < 1.29 is 19.0 Å². The average molecular weight is 287 g/mol. The fourth-order valence-corrected chi connectivity index (χ4v) is 2.91. The van der Waals surface area contributed by atoms with Crippen LogP contribution in [0, 0.1) is 10.6 Å². The fourth-order valence-electron chi connectivity index (χ4n) is 2.91. The Balaban J connectivity index is 1.99. The topological polar surface area (TPSA) is 76.9 Å². The van der Waals surface area contributed by atoms with Crippen molar-refractivity contribution in [2.24, 2.45) is 5.41 Å². The number of hydrogen-bond donors (Lipinski definition) is 2. The van der Waals surface area contributed by atoms with Gasteiger partial charge in [-0.3, -0.25) is 9.59 Å². The molecule has 0 aromatic heterocycles. The Morgan fingerprint density at radius 3 is 2.55 bits per heavy atom. The van der Waals surface area contributed by atoms with E-state index in [0.717, 1.165) is 19.9 Å². The number of carbonyl (C=O) groups is 2. The van der Waals surface area contributed by atoms with Gasteiger partial charge in [0.2, 0.25) is 18.1 Å². The van der Waals surface area contributed by atoms with Gasteiger partial charge in [0.1, 0.15) is 12.1 Å². The predicted molar refractivity (Wildman–Crippen MR) is 70.2 cm³/mol. The zero-order valence-electron chi connectivity index (χ0n) is 12.1. The largest absolute Gasteiger partial charge is 0.632 e. The number of alkyl halides is 1. The molecule has 0 aromatic carbocycles. The smallest absolute Gasteiger partial charge is 0.249 e. The fraction of sp³-hybridized carbons (Fsp3) is 0.846. The number of likely N-dealkylation sites (N-methyl/N-ethyl adjacent to an activating group) is 1. The van der Waals surface area contributed by atoms with Crippen LogP contribution in [-0.2, 0) is 9.59 Å². The van der Waals surface area contributed by atoms with Crippen molar-refractivity contribution in [1.82, 2.24) is 10.2 Å². The number of halogens is 1. The van der Waals surface area contributed by atoms with Gasteiger partial charge in [0, 0.05) is 13.5 Å². The van der Waals surface area contributed by atoms with Crippen LogP contribution >= 0.6 is 0 Å². The molecule has 2 unspecified atom stereocenters. The standard InChI is InChI=1S/C13H22FN3O3/c1-8(11(14)16(3)20)15-12(19)10-6-13(4-5-13)7-17(10)9(2)18/h8,10-11,16H,4-7H2,1-3H3,(H,15,19)/t8?,10-,11+/m0/s1. The van der Waals surface area contributed by atoms with Crippen LogP contribution in [0.4, 0.5) is 4.39 Å². The van der Waals surface area contributed by atoms with Gasteiger partial charge in [0.05, 0.1) is 7.05 Å². The summed E-state index contributed by atoms with van der Waals surface area (Å²) in [6.07, 6.45) is 1.01. The number of likely N-dealkylation sites (tertiary alicyclic amines) is 1. The summed E-state index contributed by atoms with van der Waals surface area (Å²) in [6, 6.07) is -1.40. The highest BCUT2D eigenvalue weighted by Crippen LogP contribution is 2.54. The Morgan fingerprint density at radius 2 is 2.10 bits per heavy atom. The third kappa shape index (κ3) is 2.93. The molecule has 2 aliphatic rings. The number of hydroxylamine groups is 2. The van der Waals surface area contributed by atoms with Gasteiger partial charge in [-0.1, -0.05) is 0 Å². The lowest BCUT2D eigenvalue weighted by Gasteiger charge is -2.28. The van der Waals surface area contributed by atoms with Crippen molar-refractivity contribution in [2.75, 3.05) is 13.6 Å². The zero-order valence-corrected chi connectivity index (χ0v) is 12.1. The van der Waals surface area contributed by atoms with E-state index >= 15 is 0 Å². The van der Waals surface area contributed by atoms with Crippen molar-refractivity contribution in [1.29, 1.82) is 0 Å². The van der Waals surface area contributed by atoms with E-state index < -0.39 is 23.4 Å². The van der Waals surface area contributed by atoms with Crippen LogP contribution in [0.3, 0.4) is 0 Å². The molecule has 2 rings (SSSR count). The number of amides is 2. The summed E-state index contributed by atoms with van der Waals surface area (Å²) in [5, 5.41) is 12.9. The highest BCUT2D eigenvalue weighted by atomic mass is 19.1. The van der Waals surface area contributed by atoms with Gasteiger partial charge >= 0.3 is 0 Å². The molecule has 4 atom stereocenters. The van der Waals surface area contributed by atoms with Crippen LogP contribution in [0.1, 0.15) is 33.1 Å². The minimum Gasteiger partial charge on any atom is -0.632 e. The van der Waals surface area contributed by atoms with Gasteiger partial charge < -0.3 is 20.5 Å². The molecule has 1 spiro atoms. The van der Waals surface area contributed by atoms with Crippen LogP contribution in [-0.4, -0.2) is 48.7 Å². The second kappa shape index (κ2) is 5.29. The summed E-state index contributed by atoms with van der Waals surface area (Å²) in [4.78, 5) is 25.4. The van der Waals surface area contributed by atoms with Crippen LogP contribution in [0.15, 0.2) is 0 Å². The van der Waals surface area contributed by atoms with Crippen molar-refractivity contribution in [3.05, 3.63) is 5.21 Å². The van der Waals surface area contributed by atoms with Gasteiger partial charge in [0.25, 0.3) is 0 Å². The maximum absolute atomic E-state index is 13.5. The molecule has 1 saturated carbocycles. The van der Waals surface area contributed by atoms with E-state index in [-0.39, 0.29) is 17.2 Å². The van der Waals surface area contributed by atoms with Crippen molar-refractivity contribution in [3.8, 4) is 0 Å². The first-order chi connectivity index (χ1) is 9.26. The number of nitrogens with zero attached hydrogens (tertiary/aromatic N) is 1. The van der Waals surface area contributed by atoms with Crippen molar-refractivity contribution in [3.63, 3.8) is 0 Å². The number of quaternary nitrogens is 1. The molecule has 2 N–H and O–H groups in total. The van der Waals surface area contributed by atoms with E-state index in [2.05, 4.69) is 5.32 Å². The zero-order chi connectivity index (χ0) is 15.1. The summed E-state index contributed by atoms with van der Waals surface area (Å²) in [5.41, 5.74) is 0.104. The predicted octanol–water partition coefficient (Wildman–Crippen LogP) is -0.800.